The Bertz CT molecular complexity index is 947. The van der Waals surface area contributed by atoms with E-state index in [0.29, 0.717) is 0 Å². The molecule has 2 rings (SSSR count). The standard InChI is InChI=1S/C18H18Cl2FN3O7S/c1-7(25)28-6-13-16(29-8(2)26)15(23-24-22)17(30-9(3)27)18(31-13)32-14-5-11(20)10(19)4-12(14)21/h4-5,13,15-18H,6H2,1-3H3/t13?,15-,16-,17?,18+/m0/s1. The molecule has 0 saturated carbocycles. The maximum atomic E-state index is 14.5. The Morgan fingerprint density at radius 1 is 1.12 bits per heavy atom. The van der Waals surface area contributed by atoms with Crippen LogP contribution in [0.1, 0.15) is 20.8 Å². The molecule has 1 aromatic carbocycles. The molecule has 2 unspecified atom stereocenters. The molecule has 1 aliphatic heterocycles. The second-order valence-electron chi connectivity index (χ2n) is 6.50. The predicted molar refractivity (Wildman–Crippen MR) is 112 cm³/mol. The Labute approximate surface area is 196 Å². The zero-order valence-electron chi connectivity index (χ0n) is 17.0. The fraction of sp³-hybridized carbons (Fsp3) is 0.500. The van der Waals surface area contributed by atoms with Crippen molar-refractivity contribution >= 4 is 52.9 Å². The summed E-state index contributed by atoms with van der Waals surface area (Å²) in [5.41, 5.74) is 7.91. The Morgan fingerprint density at radius 3 is 2.28 bits per heavy atom. The third kappa shape index (κ3) is 6.88. The van der Waals surface area contributed by atoms with Gasteiger partial charge in [-0.25, -0.2) is 4.39 Å². The van der Waals surface area contributed by atoms with Crippen molar-refractivity contribution in [2.75, 3.05) is 6.61 Å². The van der Waals surface area contributed by atoms with E-state index in [1.807, 2.05) is 0 Å². The Balaban J connectivity index is 2.49. The number of ether oxygens (including phenoxy) is 4. The summed E-state index contributed by atoms with van der Waals surface area (Å²) in [6.45, 7) is 3.01. The lowest BCUT2D eigenvalue weighted by Crippen LogP contribution is -2.59. The van der Waals surface area contributed by atoms with Crippen LogP contribution in [0.4, 0.5) is 4.39 Å². The number of azide groups is 1. The molecule has 0 bridgehead atoms. The second kappa shape index (κ2) is 11.6. The lowest BCUT2D eigenvalue weighted by Gasteiger charge is -2.43. The van der Waals surface area contributed by atoms with E-state index >= 15 is 0 Å². The molecule has 0 spiro atoms. The SMILES string of the molecule is CC(=O)OCC1O[C@H](Sc2cc(Cl)c(Cl)cc2F)C(OC(C)=O)[C@@H](N=[N+]=[N-])[C@H]1OC(C)=O. The predicted octanol–water partition coefficient (Wildman–Crippen LogP) is 4.05. The molecule has 1 fully saturated rings. The van der Waals surface area contributed by atoms with Gasteiger partial charge in [-0.05, 0) is 17.7 Å². The molecule has 174 valence electrons. The average Bonchev–Trinajstić information content (AvgIpc) is 2.68. The van der Waals surface area contributed by atoms with E-state index in [1.165, 1.54) is 6.07 Å². The molecule has 0 amide bonds. The first kappa shape index (κ1) is 26.0. The summed E-state index contributed by atoms with van der Waals surface area (Å²) in [4.78, 5) is 37.4. The summed E-state index contributed by atoms with van der Waals surface area (Å²) in [6.07, 6.45) is -3.67. The van der Waals surface area contributed by atoms with Crippen LogP contribution in [0.2, 0.25) is 10.0 Å². The highest BCUT2D eigenvalue weighted by Gasteiger charge is 2.50. The molecule has 1 aromatic rings. The van der Waals surface area contributed by atoms with Gasteiger partial charge in [0.2, 0.25) is 0 Å². The van der Waals surface area contributed by atoms with E-state index < -0.39 is 53.5 Å². The van der Waals surface area contributed by atoms with Gasteiger partial charge in [0.05, 0.1) is 10.0 Å². The number of esters is 3. The topological polar surface area (TPSA) is 137 Å². The highest BCUT2D eigenvalue weighted by atomic mass is 35.5. The molecule has 14 heteroatoms. The molecule has 0 aliphatic carbocycles. The lowest BCUT2D eigenvalue weighted by molar-refractivity contribution is -0.201. The number of nitrogens with zero attached hydrogens (tertiary/aromatic N) is 3. The molecular weight excluding hydrogens is 492 g/mol. The van der Waals surface area contributed by atoms with Gasteiger partial charge in [-0.1, -0.05) is 40.1 Å². The molecule has 1 saturated heterocycles. The van der Waals surface area contributed by atoms with Crippen LogP contribution < -0.4 is 0 Å². The van der Waals surface area contributed by atoms with Gasteiger partial charge in [0.1, 0.15) is 42.2 Å². The number of carbonyl (C=O) groups excluding carboxylic acids is 3. The minimum atomic E-state index is -1.29. The fourth-order valence-corrected chi connectivity index (χ4v) is 4.42. The quantitative estimate of drug-likeness (QED) is 0.134. The first-order valence-corrected chi connectivity index (χ1v) is 10.7. The zero-order valence-corrected chi connectivity index (χ0v) is 19.3. The van der Waals surface area contributed by atoms with Crippen LogP contribution in [-0.2, 0) is 33.3 Å². The van der Waals surface area contributed by atoms with E-state index in [0.717, 1.165) is 38.6 Å². The number of benzene rings is 1. The summed E-state index contributed by atoms with van der Waals surface area (Å²) < 4.78 is 35.8. The lowest BCUT2D eigenvalue weighted by atomic mass is 9.97. The van der Waals surface area contributed by atoms with Gasteiger partial charge in [-0.3, -0.25) is 14.4 Å². The van der Waals surface area contributed by atoms with E-state index in [9.17, 15) is 18.8 Å². The Hall–Kier alpha value is -2.24. The van der Waals surface area contributed by atoms with Gasteiger partial charge in [-0.15, -0.1) is 0 Å². The summed E-state index contributed by atoms with van der Waals surface area (Å²) in [6, 6.07) is 0.976. The monoisotopic (exact) mass is 509 g/mol. The van der Waals surface area contributed by atoms with Crippen molar-refractivity contribution in [2.45, 2.75) is 55.5 Å². The zero-order chi connectivity index (χ0) is 24.0. The van der Waals surface area contributed by atoms with Crippen molar-refractivity contribution in [3.05, 3.63) is 38.4 Å². The van der Waals surface area contributed by atoms with E-state index in [-0.39, 0.29) is 21.5 Å². The maximum absolute atomic E-state index is 14.5. The Morgan fingerprint density at radius 2 is 1.72 bits per heavy atom. The number of hydrogen-bond donors (Lipinski definition) is 0. The van der Waals surface area contributed by atoms with Crippen LogP contribution in [0.25, 0.3) is 10.4 Å². The van der Waals surface area contributed by atoms with Gasteiger partial charge in [-0.2, -0.15) is 0 Å². The molecule has 1 heterocycles. The van der Waals surface area contributed by atoms with E-state index in [4.69, 9.17) is 47.7 Å². The molecular formula is C18H18Cl2FN3O7S. The fourth-order valence-electron chi connectivity index (χ4n) is 2.89. The molecule has 1 aliphatic rings. The molecule has 10 nitrogen and oxygen atoms in total. The number of carbonyl (C=O) groups is 3. The summed E-state index contributed by atoms with van der Waals surface area (Å²) in [7, 11) is 0. The average molecular weight is 510 g/mol. The summed E-state index contributed by atoms with van der Waals surface area (Å²) in [5.74, 6) is -2.87. The van der Waals surface area contributed by atoms with Crippen LogP contribution in [0.3, 0.4) is 0 Å². The molecule has 32 heavy (non-hydrogen) atoms. The summed E-state index contributed by atoms with van der Waals surface area (Å²) >= 11 is 12.6. The van der Waals surface area contributed by atoms with Crippen LogP contribution in [0.5, 0.6) is 0 Å². The Kier molecular flexibility index (Phi) is 9.41. The highest BCUT2D eigenvalue weighted by Crippen LogP contribution is 2.40. The smallest absolute Gasteiger partial charge is 0.303 e. The van der Waals surface area contributed by atoms with Crippen molar-refractivity contribution in [3.8, 4) is 0 Å². The van der Waals surface area contributed by atoms with Crippen LogP contribution in [0.15, 0.2) is 22.1 Å². The molecule has 0 N–H and O–H groups in total. The third-order valence-corrected chi connectivity index (χ3v) is 5.98. The second-order valence-corrected chi connectivity index (χ2v) is 8.46. The normalized spacial score (nSPS) is 24.8. The number of hydrogen-bond acceptors (Lipinski definition) is 9. The van der Waals surface area contributed by atoms with Crippen molar-refractivity contribution in [1.29, 1.82) is 0 Å². The first-order valence-electron chi connectivity index (χ1n) is 9.02. The minimum absolute atomic E-state index is 0.00147. The van der Waals surface area contributed by atoms with Gasteiger partial charge < -0.3 is 18.9 Å². The third-order valence-electron chi connectivity index (χ3n) is 4.07. The van der Waals surface area contributed by atoms with Gasteiger partial charge in [0.25, 0.3) is 0 Å². The molecule has 0 aromatic heterocycles. The van der Waals surface area contributed by atoms with Crippen molar-refractivity contribution in [2.24, 2.45) is 5.11 Å². The minimum Gasteiger partial charge on any atom is -0.463 e. The molecule has 0 radical (unpaired) electrons. The van der Waals surface area contributed by atoms with Crippen molar-refractivity contribution in [1.82, 2.24) is 0 Å². The number of halogens is 3. The van der Waals surface area contributed by atoms with Gasteiger partial charge >= 0.3 is 17.9 Å². The maximum Gasteiger partial charge on any atom is 0.303 e. The highest BCUT2D eigenvalue weighted by molar-refractivity contribution is 7.99. The van der Waals surface area contributed by atoms with Gasteiger partial charge in [0.15, 0.2) is 0 Å². The van der Waals surface area contributed by atoms with Crippen LogP contribution in [0, 0.1) is 5.82 Å². The van der Waals surface area contributed by atoms with Crippen molar-refractivity contribution in [3.63, 3.8) is 0 Å². The van der Waals surface area contributed by atoms with E-state index in [2.05, 4.69) is 10.0 Å². The van der Waals surface area contributed by atoms with Gasteiger partial charge in [0, 0.05) is 30.6 Å². The first-order chi connectivity index (χ1) is 15.0. The van der Waals surface area contributed by atoms with Crippen LogP contribution in [-0.4, -0.2) is 54.3 Å². The van der Waals surface area contributed by atoms with Crippen LogP contribution >= 0.6 is 35.0 Å². The summed E-state index contributed by atoms with van der Waals surface area (Å²) in [5, 5.41) is 3.68. The van der Waals surface area contributed by atoms with E-state index in [1.54, 1.807) is 0 Å². The number of thioether (sulfide) groups is 1. The number of rotatable bonds is 7. The largest absolute Gasteiger partial charge is 0.463 e. The van der Waals surface area contributed by atoms with Crippen molar-refractivity contribution < 1.29 is 37.7 Å². The molecule has 5 atom stereocenters.